The number of benzene rings is 1. The molecule has 2 atom stereocenters. The predicted octanol–water partition coefficient (Wildman–Crippen LogP) is 6.63. The average molecular weight is 415 g/mol. The molecule has 1 amide bonds. The minimum atomic E-state index is -0.388. The first-order valence-corrected chi connectivity index (χ1v) is 11.2. The third kappa shape index (κ3) is 8.64. The van der Waals surface area contributed by atoms with Gasteiger partial charge >= 0.3 is 0 Å². The number of aryl methyl sites for hydroxylation is 3. The second-order valence-corrected chi connectivity index (χ2v) is 8.02. The van der Waals surface area contributed by atoms with Crippen molar-refractivity contribution in [3.63, 3.8) is 0 Å². The molecule has 0 saturated heterocycles. The van der Waals surface area contributed by atoms with Crippen LogP contribution in [0, 0.1) is 19.8 Å². The SMILES string of the molecule is CC.CC1CC1.Cc1ccc(C)c(C(C)C(=O)NC(C)c2ccc(CCF)cn2)c1. The number of carbonyl (C=O) groups excluding carboxylic acids is 1. The van der Waals surface area contributed by atoms with Crippen molar-refractivity contribution >= 4 is 5.91 Å². The Morgan fingerprint density at radius 1 is 1.17 bits per heavy atom. The van der Waals surface area contributed by atoms with Gasteiger partial charge in [0.2, 0.25) is 5.91 Å². The lowest BCUT2D eigenvalue weighted by Gasteiger charge is -2.19. The Labute approximate surface area is 182 Å². The van der Waals surface area contributed by atoms with Gasteiger partial charge in [-0.15, -0.1) is 0 Å². The second-order valence-electron chi connectivity index (χ2n) is 8.02. The van der Waals surface area contributed by atoms with Gasteiger partial charge in [0.05, 0.1) is 24.3 Å². The van der Waals surface area contributed by atoms with Crippen LogP contribution in [-0.2, 0) is 11.2 Å². The van der Waals surface area contributed by atoms with E-state index in [-0.39, 0.29) is 24.5 Å². The molecular formula is C26H39FN2O. The topological polar surface area (TPSA) is 42.0 Å². The average Bonchev–Trinajstić information content (AvgIpc) is 3.54. The summed E-state index contributed by atoms with van der Waals surface area (Å²) in [7, 11) is 0. The number of nitrogens with zero attached hydrogens (tertiary/aromatic N) is 1. The first-order valence-electron chi connectivity index (χ1n) is 11.2. The van der Waals surface area contributed by atoms with Crippen molar-refractivity contribution in [2.45, 2.75) is 79.7 Å². The molecule has 1 aliphatic rings. The summed E-state index contributed by atoms with van der Waals surface area (Å²) < 4.78 is 12.3. The second kappa shape index (κ2) is 13.1. The van der Waals surface area contributed by atoms with Crippen molar-refractivity contribution in [3.8, 4) is 0 Å². The van der Waals surface area contributed by atoms with E-state index >= 15 is 0 Å². The summed E-state index contributed by atoms with van der Waals surface area (Å²) in [6.45, 7) is 13.8. The van der Waals surface area contributed by atoms with E-state index in [4.69, 9.17) is 0 Å². The molecule has 0 radical (unpaired) electrons. The van der Waals surface area contributed by atoms with Gasteiger partial charge < -0.3 is 5.32 Å². The van der Waals surface area contributed by atoms with E-state index in [1.807, 2.05) is 59.7 Å². The van der Waals surface area contributed by atoms with Gasteiger partial charge in [-0.25, -0.2) is 0 Å². The number of hydrogen-bond acceptors (Lipinski definition) is 2. The van der Waals surface area contributed by atoms with Crippen LogP contribution >= 0.6 is 0 Å². The molecule has 1 N–H and O–H groups in total. The molecule has 3 rings (SSSR count). The fourth-order valence-electron chi connectivity index (χ4n) is 2.90. The highest BCUT2D eigenvalue weighted by atomic mass is 19.1. The number of aromatic nitrogens is 1. The van der Waals surface area contributed by atoms with Gasteiger partial charge in [-0.3, -0.25) is 14.2 Å². The molecule has 166 valence electrons. The smallest absolute Gasteiger partial charge is 0.227 e. The van der Waals surface area contributed by atoms with Crippen molar-refractivity contribution < 1.29 is 9.18 Å². The zero-order valence-electron chi connectivity index (χ0n) is 19.8. The Balaban J connectivity index is 0.000000653. The lowest BCUT2D eigenvalue weighted by atomic mass is 9.93. The molecule has 1 fully saturated rings. The van der Waals surface area contributed by atoms with Gasteiger partial charge in [-0.05, 0) is 56.4 Å². The molecule has 4 heteroatoms. The largest absolute Gasteiger partial charge is 0.347 e. The van der Waals surface area contributed by atoms with E-state index in [9.17, 15) is 9.18 Å². The summed E-state index contributed by atoms with van der Waals surface area (Å²) in [5.41, 5.74) is 4.95. The lowest BCUT2D eigenvalue weighted by Crippen LogP contribution is -2.31. The zero-order valence-corrected chi connectivity index (χ0v) is 19.8. The van der Waals surface area contributed by atoms with E-state index in [1.165, 1.54) is 12.8 Å². The maximum atomic E-state index is 12.6. The van der Waals surface area contributed by atoms with E-state index in [1.54, 1.807) is 6.20 Å². The molecule has 0 spiro atoms. The Morgan fingerprint density at radius 3 is 2.30 bits per heavy atom. The molecule has 1 aliphatic carbocycles. The molecule has 2 unspecified atom stereocenters. The Hall–Kier alpha value is -2.23. The minimum Gasteiger partial charge on any atom is -0.347 e. The third-order valence-electron chi connectivity index (χ3n) is 5.19. The summed E-state index contributed by atoms with van der Waals surface area (Å²) in [5.74, 6) is 0.837. The monoisotopic (exact) mass is 414 g/mol. The number of halogens is 1. The third-order valence-corrected chi connectivity index (χ3v) is 5.19. The van der Waals surface area contributed by atoms with Crippen LogP contribution in [0.15, 0.2) is 36.5 Å². The van der Waals surface area contributed by atoms with E-state index in [0.29, 0.717) is 6.42 Å². The fourth-order valence-corrected chi connectivity index (χ4v) is 2.90. The van der Waals surface area contributed by atoms with Crippen LogP contribution in [0.25, 0.3) is 0 Å². The Kier molecular flexibility index (Phi) is 11.3. The van der Waals surface area contributed by atoms with Gasteiger partial charge in [-0.2, -0.15) is 0 Å². The van der Waals surface area contributed by atoms with Gasteiger partial charge in [0.15, 0.2) is 0 Å². The Morgan fingerprint density at radius 2 is 1.80 bits per heavy atom. The van der Waals surface area contributed by atoms with Crippen molar-refractivity contribution in [1.29, 1.82) is 0 Å². The number of carbonyl (C=O) groups is 1. The maximum Gasteiger partial charge on any atom is 0.227 e. The summed E-state index contributed by atoms with van der Waals surface area (Å²) in [4.78, 5) is 16.9. The van der Waals surface area contributed by atoms with Crippen molar-refractivity contribution in [2.24, 2.45) is 5.92 Å². The van der Waals surface area contributed by atoms with Crippen LogP contribution in [0.3, 0.4) is 0 Å². The molecule has 3 nitrogen and oxygen atoms in total. The maximum absolute atomic E-state index is 12.6. The highest BCUT2D eigenvalue weighted by molar-refractivity contribution is 5.84. The molecule has 1 saturated carbocycles. The van der Waals surface area contributed by atoms with Crippen LogP contribution < -0.4 is 5.32 Å². The van der Waals surface area contributed by atoms with Crippen molar-refractivity contribution in [3.05, 3.63) is 64.5 Å². The molecule has 1 aromatic heterocycles. The number of amides is 1. The summed E-state index contributed by atoms with van der Waals surface area (Å²) in [5, 5.41) is 3.02. The standard InChI is InChI=1S/C20H25FN2O.C4H8.C2H6/c1-13-5-6-14(2)18(11-13)15(3)20(24)23-16(4)19-8-7-17(9-10-21)12-22-19;1-4-2-3-4;1-2/h5-8,11-12,15-16H,9-10H2,1-4H3,(H,23,24);4H,2-3H2,1H3;1-2H3. The Bertz CT molecular complexity index is 769. The number of nitrogens with one attached hydrogen (secondary N) is 1. The zero-order chi connectivity index (χ0) is 22.7. The predicted molar refractivity (Wildman–Crippen MR) is 125 cm³/mol. The summed E-state index contributed by atoms with van der Waals surface area (Å²) in [6.07, 6.45) is 5.02. The van der Waals surface area contributed by atoms with E-state index in [0.717, 1.165) is 33.9 Å². The normalized spacial score (nSPS) is 14.4. The quantitative estimate of drug-likeness (QED) is 0.576. The van der Waals surface area contributed by atoms with Crippen LogP contribution in [-0.4, -0.2) is 17.6 Å². The molecule has 30 heavy (non-hydrogen) atoms. The molecule has 0 aliphatic heterocycles. The van der Waals surface area contributed by atoms with Crippen LogP contribution in [0.1, 0.15) is 87.4 Å². The minimum absolute atomic E-state index is 0.0224. The summed E-state index contributed by atoms with van der Waals surface area (Å²) >= 11 is 0. The molecule has 2 aromatic rings. The van der Waals surface area contributed by atoms with Gasteiger partial charge in [0.1, 0.15) is 0 Å². The first-order chi connectivity index (χ1) is 14.3. The molecular weight excluding hydrogens is 375 g/mol. The molecule has 1 heterocycles. The highest BCUT2D eigenvalue weighted by Gasteiger charge is 2.20. The number of pyridine rings is 1. The summed E-state index contributed by atoms with van der Waals surface area (Å²) in [6, 6.07) is 9.67. The van der Waals surface area contributed by atoms with Crippen molar-refractivity contribution in [2.75, 3.05) is 6.67 Å². The molecule has 1 aromatic carbocycles. The van der Waals surface area contributed by atoms with E-state index in [2.05, 4.69) is 29.4 Å². The van der Waals surface area contributed by atoms with Crippen molar-refractivity contribution in [1.82, 2.24) is 10.3 Å². The fraction of sp³-hybridized carbons (Fsp3) is 0.538. The van der Waals surface area contributed by atoms with Crippen LogP contribution in [0.2, 0.25) is 0 Å². The molecule has 0 bridgehead atoms. The van der Waals surface area contributed by atoms with Gasteiger partial charge in [-0.1, -0.05) is 63.4 Å². The van der Waals surface area contributed by atoms with Crippen LogP contribution in [0.5, 0.6) is 0 Å². The highest BCUT2D eigenvalue weighted by Crippen LogP contribution is 2.26. The number of alkyl halides is 1. The number of rotatable bonds is 6. The van der Waals surface area contributed by atoms with E-state index < -0.39 is 0 Å². The van der Waals surface area contributed by atoms with Gasteiger partial charge in [0, 0.05) is 12.6 Å². The van der Waals surface area contributed by atoms with Gasteiger partial charge in [0.25, 0.3) is 0 Å². The van der Waals surface area contributed by atoms with Crippen LogP contribution in [0.4, 0.5) is 4.39 Å². The number of hydrogen-bond donors (Lipinski definition) is 1. The first kappa shape index (κ1) is 25.8. The lowest BCUT2D eigenvalue weighted by molar-refractivity contribution is -0.122.